The van der Waals surface area contributed by atoms with Gasteiger partial charge in [0.25, 0.3) is 0 Å². The van der Waals surface area contributed by atoms with E-state index in [9.17, 15) is 0 Å². The zero-order chi connectivity index (χ0) is 19.4. The Morgan fingerprint density at radius 2 is 1.43 bits per heavy atom. The number of aromatic nitrogens is 1. The SMILES string of the molecule is C[SiH](C)[Ti]([c]1ccc[nH]1)([CH]1C=Cc2ccccc21)([C](C)(C)C)[C](C)(C)C.Cl.Cl. The van der Waals surface area contributed by atoms with E-state index in [-0.39, 0.29) is 32.3 Å². The van der Waals surface area contributed by atoms with Gasteiger partial charge in [0.15, 0.2) is 0 Å². The summed E-state index contributed by atoms with van der Waals surface area (Å²) in [7, 11) is 0. The topological polar surface area (TPSA) is 15.8 Å². The average Bonchev–Trinajstić information content (AvgIpc) is 3.16. The number of fused-ring (bicyclic) bond motifs is 1. The maximum atomic E-state index is 3.81. The molecule has 0 saturated heterocycles. The smallest absolute Gasteiger partial charge is 0.147 e. The molecule has 0 amide bonds. The van der Waals surface area contributed by atoms with Crippen LogP contribution in [0, 0.1) is 0 Å². The standard InChI is InChI=1S/C9H7.C4H4N.2C4H9.C2H7Si.2ClH.Ti/c1-2-5-9-7-3-6-8(9)4-1;1-2-4-5-3-1;2*1-4(2)3;1-3-2;;;/h1-7H;1-3,5H;2*1-3H3;3H,1-2H3;2*1H;. The van der Waals surface area contributed by atoms with Crippen LogP contribution in [-0.2, 0) is 14.6 Å². The van der Waals surface area contributed by atoms with Crippen molar-refractivity contribution in [1.29, 1.82) is 0 Å². The van der Waals surface area contributed by atoms with Crippen LogP contribution in [0.3, 0.4) is 0 Å². The van der Waals surface area contributed by atoms with Gasteiger partial charge in [-0.15, -0.1) is 24.8 Å². The van der Waals surface area contributed by atoms with Gasteiger partial charge >= 0.3 is 162 Å². The number of aromatic amines is 1. The number of halogens is 2. The number of allylic oxidation sites excluding steroid dienone is 1. The van der Waals surface area contributed by atoms with Crippen molar-refractivity contribution in [3.8, 4) is 0 Å². The van der Waals surface area contributed by atoms with Crippen LogP contribution >= 0.6 is 24.8 Å². The maximum Gasteiger partial charge on any atom is -0.147 e. The van der Waals surface area contributed by atoms with Crippen molar-refractivity contribution in [3.05, 3.63) is 59.8 Å². The minimum absolute atomic E-state index is 0. The number of rotatable bonds is 3. The van der Waals surface area contributed by atoms with Crippen LogP contribution in [0.15, 0.2) is 48.7 Å². The zero-order valence-corrected chi connectivity index (χ0v) is 23.0. The summed E-state index contributed by atoms with van der Waals surface area (Å²) >= 11 is -3.47. The molecule has 0 aliphatic heterocycles. The monoisotopic (exact) mass is 474 g/mol. The first-order valence-corrected chi connectivity index (χ1v) is 18.9. The molecule has 1 atom stereocenters. The van der Waals surface area contributed by atoms with Gasteiger partial charge in [0.1, 0.15) is 0 Å². The summed E-state index contributed by atoms with van der Waals surface area (Å²) in [5.41, 5.74) is 3.01. The molecule has 1 aromatic carbocycles. The Morgan fingerprint density at radius 1 is 0.857 bits per heavy atom. The van der Waals surface area contributed by atoms with Crippen molar-refractivity contribution in [1.82, 2.24) is 4.98 Å². The Bertz CT molecular complexity index is 815. The summed E-state index contributed by atoms with van der Waals surface area (Å²) in [5, 5.41) is 0. The molecule has 0 radical (unpaired) electrons. The van der Waals surface area contributed by atoms with E-state index in [4.69, 9.17) is 0 Å². The van der Waals surface area contributed by atoms with Crippen molar-refractivity contribution in [2.24, 2.45) is 0 Å². The molecular weight excluding hydrogens is 437 g/mol. The first-order valence-electron chi connectivity index (χ1n) is 10.0. The number of H-pyrrole nitrogens is 1. The van der Waals surface area contributed by atoms with Gasteiger partial charge in [0, 0.05) is 0 Å². The fourth-order valence-electron chi connectivity index (χ4n) is 7.87. The maximum absolute atomic E-state index is 3.81. The van der Waals surface area contributed by atoms with Crippen LogP contribution in [-0.4, -0.2) is 11.6 Å². The molecule has 1 nitrogen and oxygen atoms in total. The molecule has 0 spiro atoms. The van der Waals surface area contributed by atoms with Gasteiger partial charge < -0.3 is 0 Å². The Hall–Kier alpha value is -0.249. The van der Waals surface area contributed by atoms with E-state index in [1.807, 2.05) is 0 Å². The van der Waals surface area contributed by atoms with Crippen LogP contribution in [0.25, 0.3) is 6.08 Å². The van der Waals surface area contributed by atoms with Crippen LogP contribution in [0.4, 0.5) is 0 Å². The molecule has 3 rings (SSSR count). The van der Waals surface area contributed by atoms with Crippen molar-refractivity contribution in [2.45, 2.75) is 66.3 Å². The van der Waals surface area contributed by atoms with Crippen molar-refractivity contribution in [3.63, 3.8) is 0 Å². The minimum Gasteiger partial charge on any atom is -0.147 e. The first kappa shape index (κ1) is 25.8. The molecule has 2 aromatic rings. The van der Waals surface area contributed by atoms with Gasteiger partial charge in [-0.1, -0.05) is 0 Å². The molecule has 1 heterocycles. The Balaban J connectivity index is 0.00000196. The Morgan fingerprint density at radius 3 is 1.89 bits per heavy atom. The van der Waals surface area contributed by atoms with E-state index in [1.54, 1.807) is 9.56 Å². The van der Waals surface area contributed by atoms with E-state index < -0.39 is 21.2 Å². The predicted molar refractivity (Wildman–Crippen MR) is 131 cm³/mol. The summed E-state index contributed by atoms with van der Waals surface area (Å²) in [6.45, 7) is 19.5. The number of hydrogen-bond donors (Lipinski definition) is 1. The summed E-state index contributed by atoms with van der Waals surface area (Å²) in [6.07, 6.45) is 7.16. The van der Waals surface area contributed by atoms with Gasteiger partial charge in [0.2, 0.25) is 0 Å². The molecule has 1 aliphatic carbocycles. The Labute approximate surface area is 186 Å². The third-order valence-electron chi connectivity index (χ3n) is 8.06. The van der Waals surface area contributed by atoms with Gasteiger partial charge in [-0.3, -0.25) is 0 Å². The molecular formula is C23H38Cl2NSiTi. The van der Waals surface area contributed by atoms with Crippen LogP contribution in [0.2, 0.25) is 20.5 Å². The predicted octanol–water partition coefficient (Wildman–Crippen LogP) is 7.36. The number of benzene rings is 1. The number of nitrogens with one attached hydrogen (secondary N) is 1. The Kier molecular flexibility index (Phi) is 7.47. The van der Waals surface area contributed by atoms with Crippen LogP contribution in [0.5, 0.6) is 0 Å². The number of hydrogen-bond acceptors (Lipinski definition) is 0. The molecule has 28 heavy (non-hydrogen) atoms. The normalized spacial score (nSPS) is 18.0. The van der Waals surface area contributed by atoms with Crippen LogP contribution in [0.1, 0.15) is 56.9 Å². The quantitative estimate of drug-likeness (QED) is 0.447. The molecule has 1 N–H and O–H groups in total. The van der Waals surface area contributed by atoms with E-state index in [1.165, 1.54) is 5.56 Å². The summed E-state index contributed by atoms with van der Waals surface area (Å²) < 4.78 is 2.71. The van der Waals surface area contributed by atoms with Gasteiger partial charge in [-0.2, -0.15) is 0 Å². The van der Waals surface area contributed by atoms with E-state index in [0.29, 0.717) is 4.22 Å². The minimum atomic E-state index is -3.47. The molecule has 1 aliphatic rings. The zero-order valence-electron chi connectivity index (χ0n) is 18.7. The van der Waals surface area contributed by atoms with Gasteiger partial charge in [-0.05, 0) is 0 Å². The molecule has 0 saturated carbocycles. The van der Waals surface area contributed by atoms with Gasteiger partial charge in [0.05, 0.1) is 0 Å². The van der Waals surface area contributed by atoms with E-state index in [2.05, 4.69) is 114 Å². The van der Waals surface area contributed by atoms with E-state index in [0.717, 1.165) is 0 Å². The third-order valence-corrected chi connectivity index (χ3v) is 46.8. The van der Waals surface area contributed by atoms with Crippen molar-refractivity contribution >= 4 is 41.6 Å². The second kappa shape index (κ2) is 8.12. The average molecular weight is 475 g/mol. The van der Waals surface area contributed by atoms with Crippen molar-refractivity contribution in [2.75, 3.05) is 0 Å². The molecule has 0 bridgehead atoms. The summed E-state index contributed by atoms with van der Waals surface area (Å²) in [6, 6.07) is 13.8. The largest absolute Gasteiger partial charge is 0.147 e. The molecule has 1 unspecified atom stereocenters. The molecule has 157 valence electrons. The summed E-state index contributed by atoms with van der Waals surface area (Å²) in [5.74, 6) is 0. The first-order chi connectivity index (χ1) is 12.0. The molecule has 5 heteroatoms. The third kappa shape index (κ3) is 2.82. The van der Waals surface area contributed by atoms with Crippen LogP contribution < -0.4 is 4.00 Å². The van der Waals surface area contributed by atoms with Crippen molar-refractivity contribution < 1.29 is 14.6 Å². The summed E-state index contributed by atoms with van der Waals surface area (Å²) in [4.78, 5) is 3.81. The molecule has 1 aromatic heterocycles. The fraction of sp³-hybridized carbons (Fsp3) is 0.478. The molecule has 0 fully saturated rings. The van der Waals surface area contributed by atoms with Gasteiger partial charge in [-0.25, -0.2) is 0 Å². The second-order valence-corrected chi connectivity index (χ2v) is 34.2. The van der Waals surface area contributed by atoms with E-state index >= 15 is 0 Å². The fourth-order valence-corrected chi connectivity index (χ4v) is 50.1. The second-order valence-electron chi connectivity index (χ2n) is 10.6.